The molecule has 4 heteroatoms. The van der Waals surface area contributed by atoms with Crippen molar-refractivity contribution in [2.24, 2.45) is 0 Å². The Bertz CT molecular complexity index is 712. The highest BCUT2D eigenvalue weighted by atomic mass is 19.1. The van der Waals surface area contributed by atoms with E-state index in [0.717, 1.165) is 16.9 Å². The predicted molar refractivity (Wildman–Crippen MR) is 95.2 cm³/mol. The van der Waals surface area contributed by atoms with Crippen molar-refractivity contribution in [1.82, 2.24) is 4.57 Å². The molecule has 1 aromatic heterocycles. The largest absolute Gasteiger partial charge is 0.378 e. The lowest BCUT2D eigenvalue weighted by Crippen LogP contribution is -2.17. The maximum atomic E-state index is 12.9. The zero-order chi connectivity index (χ0) is 17.1. The number of hydrogen-bond donors (Lipinski definition) is 1. The van der Waals surface area contributed by atoms with Crippen LogP contribution in [0.4, 0.5) is 10.1 Å². The molecule has 2 aromatic rings. The molecule has 1 N–H and O–H groups in total. The molecule has 1 aliphatic carbocycles. The third kappa shape index (κ3) is 3.53. The highest BCUT2D eigenvalue weighted by Crippen LogP contribution is 2.32. The number of carbonyl (C=O) groups is 1. The molecule has 1 saturated carbocycles. The Balaban J connectivity index is 1.71. The molecule has 1 fully saturated rings. The van der Waals surface area contributed by atoms with Crippen molar-refractivity contribution in [3.05, 3.63) is 53.1 Å². The monoisotopic (exact) mass is 328 g/mol. The van der Waals surface area contributed by atoms with Crippen LogP contribution in [-0.2, 0) is 0 Å². The molecule has 128 valence electrons. The SMILES string of the molecule is Cc1cc(C(=O)CNc2ccc(F)cc2)c(C)n1C1CCCCC1. The van der Waals surface area contributed by atoms with Gasteiger partial charge < -0.3 is 9.88 Å². The normalized spacial score (nSPS) is 15.5. The molecule has 0 amide bonds. The molecular formula is C20H25FN2O. The number of halogens is 1. The van der Waals surface area contributed by atoms with Crippen LogP contribution in [0.5, 0.6) is 0 Å². The Morgan fingerprint density at radius 1 is 1.17 bits per heavy atom. The lowest BCUT2D eigenvalue weighted by Gasteiger charge is -2.26. The second-order valence-corrected chi connectivity index (χ2v) is 6.73. The van der Waals surface area contributed by atoms with Crippen molar-refractivity contribution in [1.29, 1.82) is 0 Å². The van der Waals surface area contributed by atoms with Crippen LogP contribution < -0.4 is 5.32 Å². The van der Waals surface area contributed by atoms with Crippen LogP contribution >= 0.6 is 0 Å². The van der Waals surface area contributed by atoms with Crippen LogP contribution in [0.15, 0.2) is 30.3 Å². The van der Waals surface area contributed by atoms with E-state index in [2.05, 4.69) is 16.8 Å². The quantitative estimate of drug-likeness (QED) is 0.780. The number of nitrogens with one attached hydrogen (secondary N) is 1. The van der Waals surface area contributed by atoms with Gasteiger partial charge in [-0.05, 0) is 57.0 Å². The maximum Gasteiger partial charge on any atom is 0.183 e. The first-order chi connectivity index (χ1) is 11.6. The summed E-state index contributed by atoms with van der Waals surface area (Å²) in [6, 6.07) is 8.62. The first-order valence-corrected chi connectivity index (χ1v) is 8.77. The molecule has 1 heterocycles. The Morgan fingerprint density at radius 3 is 2.50 bits per heavy atom. The fourth-order valence-corrected chi connectivity index (χ4v) is 3.81. The van der Waals surface area contributed by atoms with Crippen LogP contribution in [0.2, 0.25) is 0 Å². The van der Waals surface area contributed by atoms with Gasteiger partial charge in [0.25, 0.3) is 0 Å². The minimum Gasteiger partial charge on any atom is -0.378 e. The molecule has 3 rings (SSSR count). The molecule has 3 nitrogen and oxygen atoms in total. The average molecular weight is 328 g/mol. The molecule has 1 aliphatic rings. The van der Waals surface area contributed by atoms with Crippen molar-refractivity contribution in [2.75, 3.05) is 11.9 Å². The van der Waals surface area contributed by atoms with E-state index in [1.807, 2.05) is 13.0 Å². The van der Waals surface area contributed by atoms with Crippen molar-refractivity contribution in [3.63, 3.8) is 0 Å². The minimum atomic E-state index is -0.275. The molecule has 0 atom stereocenters. The van der Waals surface area contributed by atoms with Crippen molar-refractivity contribution < 1.29 is 9.18 Å². The van der Waals surface area contributed by atoms with E-state index in [4.69, 9.17) is 0 Å². The Hall–Kier alpha value is -2.10. The minimum absolute atomic E-state index is 0.0782. The molecule has 0 aliphatic heterocycles. The van der Waals surface area contributed by atoms with Gasteiger partial charge in [0.05, 0.1) is 6.54 Å². The summed E-state index contributed by atoms with van der Waals surface area (Å²) < 4.78 is 15.3. The van der Waals surface area contributed by atoms with Crippen LogP contribution in [0.25, 0.3) is 0 Å². The van der Waals surface area contributed by atoms with Crippen LogP contribution in [-0.4, -0.2) is 16.9 Å². The van der Waals surface area contributed by atoms with Gasteiger partial charge in [-0.15, -0.1) is 0 Å². The second kappa shape index (κ2) is 7.20. The number of ketones is 1. The van der Waals surface area contributed by atoms with E-state index in [9.17, 15) is 9.18 Å². The molecule has 0 unspecified atom stereocenters. The van der Waals surface area contributed by atoms with E-state index in [0.29, 0.717) is 6.04 Å². The number of aromatic nitrogens is 1. The lowest BCUT2D eigenvalue weighted by molar-refractivity contribution is 0.101. The van der Waals surface area contributed by atoms with E-state index in [1.165, 1.54) is 49.9 Å². The van der Waals surface area contributed by atoms with Gasteiger partial charge in [0, 0.05) is 28.7 Å². The van der Waals surface area contributed by atoms with Crippen molar-refractivity contribution in [2.45, 2.75) is 52.0 Å². The van der Waals surface area contributed by atoms with Gasteiger partial charge in [-0.3, -0.25) is 4.79 Å². The van der Waals surface area contributed by atoms with E-state index >= 15 is 0 Å². The lowest BCUT2D eigenvalue weighted by atomic mass is 9.95. The van der Waals surface area contributed by atoms with Crippen LogP contribution in [0.3, 0.4) is 0 Å². The molecule has 24 heavy (non-hydrogen) atoms. The highest BCUT2D eigenvalue weighted by Gasteiger charge is 2.22. The number of benzene rings is 1. The third-order valence-electron chi connectivity index (χ3n) is 5.02. The molecule has 1 aromatic carbocycles. The van der Waals surface area contributed by atoms with Gasteiger partial charge in [-0.2, -0.15) is 0 Å². The summed E-state index contributed by atoms with van der Waals surface area (Å²) in [4.78, 5) is 12.6. The Kier molecular flexibility index (Phi) is 5.03. The van der Waals surface area contributed by atoms with Gasteiger partial charge in [0.2, 0.25) is 0 Å². The molecule has 0 radical (unpaired) electrons. The van der Waals surface area contributed by atoms with E-state index < -0.39 is 0 Å². The summed E-state index contributed by atoms with van der Waals surface area (Å²) in [6.45, 7) is 4.36. The second-order valence-electron chi connectivity index (χ2n) is 6.73. The smallest absolute Gasteiger partial charge is 0.183 e. The number of carbonyl (C=O) groups excluding carboxylic acids is 1. The first kappa shape index (κ1) is 16.7. The number of aryl methyl sites for hydroxylation is 1. The zero-order valence-corrected chi connectivity index (χ0v) is 14.4. The summed E-state index contributed by atoms with van der Waals surface area (Å²) in [6.07, 6.45) is 6.28. The Morgan fingerprint density at radius 2 is 1.83 bits per heavy atom. The number of anilines is 1. The summed E-state index contributed by atoms with van der Waals surface area (Å²) >= 11 is 0. The van der Waals surface area contributed by atoms with Gasteiger partial charge in [-0.1, -0.05) is 19.3 Å². The predicted octanol–water partition coefficient (Wildman–Crippen LogP) is 5.04. The van der Waals surface area contributed by atoms with Crippen molar-refractivity contribution in [3.8, 4) is 0 Å². The summed E-state index contributed by atoms with van der Waals surface area (Å²) in [7, 11) is 0. The molecular weight excluding hydrogens is 303 g/mol. The van der Waals surface area contributed by atoms with E-state index in [-0.39, 0.29) is 18.1 Å². The number of hydrogen-bond acceptors (Lipinski definition) is 2. The summed E-state index contributed by atoms with van der Waals surface area (Å²) in [5, 5.41) is 3.08. The fourth-order valence-electron chi connectivity index (χ4n) is 3.81. The van der Waals surface area contributed by atoms with Gasteiger partial charge >= 0.3 is 0 Å². The van der Waals surface area contributed by atoms with Crippen LogP contribution in [0, 0.1) is 19.7 Å². The standard InChI is InChI=1S/C20H25FN2O/c1-14-12-19(15(2)23(14)18-6-4-3-5-7-18)20(24)13-22-17-10-8-16(21)9-11-17/h8-12,18,22H,3-7,13H2,1-2H3. The maximum absolute atomic E-state index is 12.9. The van der Waals surface area contributed by atoms with E-state index in [1.54, 1.807) is 12.1 Å². The topological polar surface area (TPSA) is 34.0 Å². The van der Waals surface area contributed by atoms with Crippen molar-refractivity contribution >= 4 is 11.5 Å². The summed E-state index contributed by atoms with van der Waals surface area (Å²) in [5.41, 5.74) is 3.80. The number of rotatable bonds is 5. The average Bonchev–Trinajstić information content (AvgIpc) is 2.89. The zero-order valence-electron chi connectivity index (χ0n) is 14.4. The Labute approximate surface area is 142 Å². The number of Topliss-reactive ketones (excluding diaryl/α,β-unsaturated/α-hetero) is 1. The van der Waals surface area contributed by atoms with Gasteiger partial charge in [-0.25, -0.2) is 4.39 Å². The van der Waals surface area contributed by atoms with Crippen LogP contribution in [0.1, 0.15) is 59.9 Å². The highest BCUT2D eigenvalue weighted by molar-refractivity contribution is 6.00. The molecule has 0 spiro atoms. The number of nitrogens with zero attached hydrogens (tertiary/aromatic N) is 1. The molecule has 0 saturated heterocycles. The molecule has 0 bridgehead atoms. The van der Waals surface area contributed by atoms with Gasteiger partial charge in [0.15, 0.2) is 5.78 Å². The summed E-state index contributed by atoms with van der Waals surface area (Å²) in [5.74, 6) is -0.197. The van der Waals surface area contributed by atoms with Gasteiger partial charge in [0.1, 0.15) is 5.82 Å². The third-order valence-corrected chi connectivity index (χ3v) is 5.02. The first-order valence-electron chi connectivity index (χ1n) is 8.77. The fraction of sp³-hybridized carbons (Fsp3) is 0.450.